The molecule has 2 N–H and O–H groups in total. The Morgan fingerprint density at radius 3 is 2.13 bits per heavy atom. The van der Waals surface area contributed by atoms with Crippen molar-refractivity contribution in [3.8, 4) is 11.5 Å². The Kier molecular flexibility index (Phi) is 11.9. The van der Waals surface area contributed by atoms with Gasteiger partial charge in [0.2, 0.25) is 0 Å². The van der Waals surface area contributed by atoms with Crippen molar-refractivity contribution < 1.29 is 18.9 Å². The number of hydrogen-bond donors (Lipinski definition) is 2. The summed E-state index contributed by atoms with van der Waals surface area (Å²) in [5, 5.41) is 6.62. The molecule has 2 aromatic rings. The molecule has 0 spiro atoms. The van der Waals surface area contributed by atoms with Crippen molar-refractivity contribution >= 4 is 11.6 Å². The second kappa shape index (κ2) is 15.1. The van der Waals surface area contributed by atoms with Crippen LogP contribution in [0.25, 0.3) is 0 Å². The fourth-order valence-corrected chi connectivity index (χ4v) is 2.80. The fourth-order valence-electron chi connectivity index (χ4n) is 2.80. The molecular formula is C24H35N3O4. The number of anilines is 1. The summed E-state index contributed by atoms with van der Waals surface area (Å²) in [6, 6.07) is 15.9. The Morgan fingerprint density at radius 2 is 1.48 bits per heavy atom. The minimum absolute atomic E-state index is 0.539. The maximum atomic E-state index is 5.78. The van der Waals surface area contributed by atoms with Gasteiger partial charge in [0.1, 0.15) is 11.5 Å². The molecular weight excluding hydrogens is 394 g/mol. The van der Waals surface area contributed by atoms with Crippen molar-refractivity contribution in [3.63, 3.8) is 0 Å². The molecule has 0 aliphatic rings. The van der Waals surface area contributed by atoms with Crippen molar-refractivity contribution in [1.82, 2.24) is 5.32 Å². The molecule has 2 rings (SSSR count). The summed E-state index contributed by atoms with van der Waals surface area (Å²) in [6.45, 7) is 5.99. The van der Waals surface area contributed by atoms with Crippen LogP contribution in [0, 0.1) is 0 Å². The van der Waals surface area contributed by atoms with Crippen LogP contribution in [-0.4, -0.2) is 53.2 Å². The molecule has 0 radical (unpaired) electrons. The van der Waals surface area contributed by atoms with Crippen LogP contribution in [0.5, 0.6) is 11.5 Å². The Labute approximate surface area is 185 Å². The van der Waals surface area contributed by atoms with Crippen molar-refractivity contribution in [1.29, 1.82) is 0 Å². The molecule has 7 heteroatoms. The van der Waals surface area contributed by atoms with Gasteiger partial charge in [-0.25, -0.2) is 4.99 Å². The highest BCUT2D eigenvalue weighted by Gasteiger charge is 2.03. The van der Waals surface area contributed by atoms with E-state index in [9.17, 15) is 0 Å². The van der Waals surface area contributed by atoms with Gasteiger partial charge in [-0.15, -0.1) is 0 Å². The van der Waals surface area contributed by atoms with E-state index < -0.39 is 0 Å². The Morgan fingerprint density at radius 1 is 0.839 bits per heavy atom. The van der Waals surface area contributed by atoms with E-state index in [4.69, 9.17) is 23.9 Å². The highest BCUT2D eigenvalue weighted by Crippen LogP contribution is 2.18. The van der Waals surface area contributed by atoms with Crippen LogP contribution in [0.1, 0.15) is 25.3 Å². The van der Waals surface area contributed by atoms with Crippen LogP contribution in [0.2, 0.25) is 0 Å². The van der Waals surface area contributed by atoms with E-state index in [0.717, 1.165) is 42.1 Å². The van der Waals surface area contributed by atoms with Crippen molar-refractivity contribution in [2.75, 3.05) is 52.5 Å². The van der Waals surface area contributed by atoms with Crippen LogP contribution < -0.4 is 20.1 Å². The van der Waals surface area contributed by atoms with E-state index >= 15 is 0 Å². The van der Waals surface area contributed by atoms with E-state index in [1.807, 2.05) is 55.5 Å². The van der Waals surface area contributed by atoms with Crippen LogP contribution in [0.15, 0.2) is 53.5 Å². The van der Waals surface area contributed by atoms with Crippen LogP contribution in [0.4, 0.5) is 5.69 Å². The molecule has 0 aromatic heterocycles. The highest BCUT2D eigenvalue weighted by atomic mass is 16.5. The standard InChI is InChI=1S/C24H35N3O4/c1-4-25-24(27-21-10-6-12-23(18-21)31-16-8-14-29-3)26-19-20-9-5-11-22(17-20)30-15-7-13-28-2/h5-6,9-12,17-18H,4,7-8,13-16,19H2,1-3H3,(H2,25,26,27). The first-order valence-electron chi connectivity index (χ1n) is 10.7. The third-order valence-electron chi connectivity index (χ3n) is 4.28. The molecule has 0 saturated heterocycles. The number of hydrogen-bond acceptors (Lipinski definition) is 5. The van der Waals surface area contributed by atoms with Gasteiger partial charge in [0.25, 0.3) is 0 Å². The lowest BCUT2D eigenvalue weighted by Crippen LogP contribution is -2.30. The number of aliphatic imine (C=N–C) groups is 1. The normalized spacial score (nSPS) is 11.3. The summed E-state index contributed by atoms with van der Waals surface area (Å²) in [7, 11) is 3.39. The molecule has 0 aliphatic carbocycles. The van der Waals surface area contributed by atoms with Gasteiger partial charge in [-0.05, 0) is 36.8 Å². The zero-order valence-corrected chi connectivity index (χ0v) is 18.9. The molecule has 0 atom stereocenters. The van der Waals surface area contributed by atoms with E-state index in [1.54, 1.807) is 14.2 Å². The maximum absolute atomic E-state index is 5.78. The largest absolute Gasteiger partial charge is 0.493 e. The zero-order valence-electron chi connectivity index (χ0n) is 18.9. The average molecular weight is 430 g/mol. The SMILES string of the molecule is CCNC(=NCc1cccc(OCCCOC)c1)Nc1cccc(OCCCOC)c1. The molecule has 0 fully saturated rings. The first-order valence-corrected chi connectivity index (χ1v) is 10.7. The highest BCUT2D eigenvalue weighted by molar-refractivity contribution is 5.93. The number of nitrogens with one attached hydrogen (secondary N) is 2. The van der Waals surface area contributed by atoms with Crippen molar-refractivity contribution in [2.24, 2.45) is 4.99 Å². The van der Waals surface area contributed by atoms with Gasteiger partial charge in [-0.1, -0.05) is 18.2 Å². The van der Waals surface area contributed by atoms with Gasteiger partial charge in [0.15, 0.2) is 5.96 Å². The third kappa shape index (κ3) is 10.2. The molecule has 31 heavy (non-hydrogen) atoms. The third-order valence-corrected chi connectivity index (χ3v) is 4.28. The summed E-state index contributed by atoms with van der Waals surface area (Å²) in [6.07, 6.45) is 1.72. The fraction of sp³-hybridized carbons (Fsp3) is 0.458. The molecule has 0 amide bonds. The summed E-state index contributed by atoms with van der Waals surface area (Å²) >= 11 is 0. The average Bonchev–Trinajstić information content (AvgIpc) is 2.79. The van der Waals surface area contributed by atoms with Gasteiger partial charge in [0, 0.05) is 58.6 Å². The quantitative estimate of drug-likeness (QED) is 0.268. The monoisotopic (exact) mass is 429 g/mol. The molecule has 7 nitrogen and oxygen atoms in total. The van der Waals surface area contributed by atoms with E-state index in [1.165, 1.54) is 0 Å². The van der Waals surface area contributed by atoms with Crippen LogP contribution >= 0.6 is 0 Å². The summed E-state index contributed by atoms with van der Waals surface area (Å²) in [4.78, 5) is 4.71. The molecule has 0 unspecified atom stereocenters. The predicted octanol–water partition coefficient (Wildman–Crippen LogP) is 4.09. The number of ether oxygens (including phenoxy) is 4. The van der Waals surface area contributed by atoms with Gasteiger partial charge >= 0.3 is 0 Å². The lowest BCUT2D eigenvalue weighted by atomic mass is 10.2. The number of nitrogens with zero attached hydrogens (tertiary/aromatic N) is 1. The smallest absolute Gasteiger partial charge is 0.196 e. The summed E-state index contributed by atoms with van der Waals surface area (Å²) in [5.41, 5.74) is 2.00. The van der Waals surface area contributed by atoms with E-state index in [2.05, 4.69) is 10.6 Å². The lowest BCUT2D eigenvalue weighted by molar-refractivity contribution is 0.172. The first kappa shape index (κ1) is 24.5. The van der Waals surface area contributed by atoms with Gasteiger partial charge in [-0.2, -0.15) is 0 Å². The molecule has 0 saturated carbocycles. The first-order chi connectivity index (χ1) is 15.2. The van der Waals surface area contributed by atoms with Crippen molar-refractivity contribution in [2.45, 2.75) is 26.3 Å². The van der Waals surface area contributed by atoms with Gasteiger partial charge < -0.3 is 29.6 Å². The molecule has 170 valence electrons. The zero-order chi connectivity index (χ0) is 22.2. The topological polar surface area (TPSA) is 73.3 Å². The second-order valence-electron chi connectivity index (χ2n) is 6.89. The maximum Gasteiger partial charge on any atom is 0.196 e. The van der Waals surface area contributed by atoms with E-state index in [-0.39, 0.29) is 0 Å². The predicted molar refractivity (Wildman–Crippen MR) is 125 cm³/mol. The molecule has 0 bridgehead atoms. The van der Waals surface area contributed by atoms with Gasteiger partial charge in [0.05, 0.1) is 19.8 Å². The summed E-state index contributed by atoms with van der Waals surface area (Å²) < 4.78 is 21.7. The minimum Gasteiger partial charge on any atom is -0.493 e. The Hall–Kier alpha value is -2.77. The number of guanidine groups is 1. The van der Waals surface area contributed by atoms with E-state index in [0.29, 0.717) is 38.9 Å². The Bertz CT molecular complexity index is 783. The second-order valence-corrected chi connectivity index (χ2v) is 6.89. The molecule has 2 aromatic carbocycles. The number of methoxy groups -OCH3 is 2. The van der Waals surface area contributed by atoms with Crippen LogP contribution in [0.3, 0.4) is 0 Å². The number of rotatable bonds is 14. The minimum atomic E-state index is 0.539. The van der Waals surface area contributed by atoms with Crippen molar-refractivity contribution in [3.05, 3.63) is 54.1 Å². The number of benzene rings is 2. The summed E-state index contributed by atoms with van der Waals surface area (Å²) in [5.74, 6) is 2.38. The lowest BCUT2D eigenvalue weighted by Gasteiger charge is -2.13. The Balaban J connectivity index is 1.94. The van der Waals surface area contributed by atoms with Crippen LogP contribution in [-0.2, 0) is 16.0 Å². The van der Waals surface area contributed by atoms with Gasteiger partial charge in [-0.3, -0.25) is 0 Å². The molecule has 0 heterocycles. The molecule has 0 aliphatic heterocycles.